The number of imidazole rings is 1. The number of H-pyrrole nitrogens is 1. The van der Waals surface area contributed by atoms with E-state index < -0.39 is 0 Å². The number of benzene rings is 1. The Morgan fingerprint density at radius 3 is 2.76 bits per heavy atom. The zero-order valence-corrected chi connectivity index (χ0v) is 8.96. The first-order valence-corrected chi connectivity index (χ1v) is 5.26. The number of aromatic nitrogens is 4. The lowest BCUT2D eigenvalue weighted by atomic mass is 10.1. The van der Waals surface area contributed by atoms with Crippen molar-refractivity contribution in [3.05, 3.63) is 47.9 Å². The average molecular weight is 226 g/mol. The summed E-state index contributed by atoms with van der Waals surface area (Å²) >= 11 is 0. The second-order valence-corrected chi connectivity index (χ2v) is 3.75. The maximum Gasteiger partial charge on any atom is 0.293 e. The molecule has 17 heavy (non-hydrogen) atoms. The van der Waals surface area contributed by atoms with Crippen LogP contribution in [-0.4, -0.2) is 25.0 Å². The molecule has 1 aromatic carbocycles. The van der Waals surface area contributed by atoms with Crippen LogP contribution in [0.15, 0.2) is 36.5 Å². The van der Waals surface area contributed by atoms with Gasteiger partial charge in [0, 0.05) is 6.42 Å². The van der Waals surface area contributed by atoms with E-state index in [0.29, 0.717) is 23.4 Å². The van der Waals surface area contributed by atoms with Gasteiger partial charge >= 0.3 is 0 Å². The minimum absolute atomic E-state index is 0.133. The molecule has 0 aliphatic rings. The summed E-state index contributed by atoms with van der Waals surface area (Å²) in [6, 6.07) is 9.85. The van der Waals surface area contributed by atoms with Gasteiger partial charge in [-0.2, -0.15) is 4.98 Å². The molecule has 0 aliphatic carbocycles. The van der Waals surface area contributed by atoms with Crippen molar-refractivity contribution in [3.8, 4) is 6.01 Å². The zero-order chi connectivity index (χ0) is 11.7. The fourth-order valence-corrected chi connectivity index (χ4v) is 1.69. The zero-order valence-electron chi connectivity index (χ0n) is 8.96. The third kappa shape index (κ3) is 1.94. The number of aromatic amines is 1. The maximum absolute atomic E-state index is 9.20. The van der Waals surface area contributed by atoms with Gasteiger partial charge in [0.05, 0.1) is 6.20 Å². The van der Waals surface area contributed by atoms with E-state index >= 15 is 0 Å². The van der Waals surface area contributed by atoms with Crippen molar-refractivity contribution in [3.63, 3.8) is 0 Å². The number of aromatic hydroxyl groups is 1. The predicted molar refractivity (Wildman–Crippen MR) is 62.6 cm³/mol. The molecule has 0 spiro atoms. The number of fused-ring (bicyclic) bond motifs is 1. The minimum atomic E-state index is -0.133. The Bertz CT molecular complexity index is 648. The van der Waals surface area contributed by atoms with Crippen LogP contribution >= 0.6 is 0 Å². The number of hydrogen-bond donors (Lipinski definition) is 2. The summed E-state index contributed by atoms with van der Waals surface area (Å²) in [5.74, 6) is 0.690. The number of rotatable bonds is 2. The van der Waals surface area contributed by atoms with Crippen molar-refractivity contribution in [1.82, 2.24) is 19.9 Å². The highest BCUT2D eigenvalue weighted by Gasteiger charge is 2.05. The third-order valence-electron chi connectivity index (χ3n) is 2.48. The first kappa shape index (κ1) is 9.77. The lowest BCUT2D eigenvalue weighted by Gasteiger charge is -1.99. The van der Waals surface area contributed by atoms with Gasteiger partial charge in [-0.25, -0.2) is 9.97 Å². The van der Waals surface area contributed by atoms with Crippen molar-refractivity contribution in [2.24, 2.45) is 0 Å². The predicted octanol–water partition coefficient (Wildman–Crippen LogP) is 1.65. The van der Waals surface area contributed by atoms with Crippen LogP contribution in [0, 0.1) is 0 Å². The third-order valence-corrected chi connectivity index (χ3v) is 2.48. The van der Waals surface area contributed by atoms with Crippen molar-refractivity contribution >= 4 is 11.2 Å². The van der Waals surface area contributed by atoms with Crippen LogP contribution in [0.5, 0.6) is 6.01 Å². The Balaban J connectivity index is 1.95. The Morgan fingerprint density at radius 2 is 1.94 bits per heavy atom. The van der Waals surface area contributed by atoms with Gasteiger partial charge in [0.2, 0.25) is 0 Å². The topological polar surface area (TPSA) is 74.7 Å². The van der Waals surface area contributed by atoms with E-state index in [1.807, 2.05) is 30.3 Å². The van der Waals surface area contributed by atoms with Gasteiger partial charge in [-0.3, -0.25) is 0 Å². The van der Waals surface area contributed by atoms with Crippen LogP contribution in [0.4, 0.5) is 0 Å². The molecule has 84 valence electrons. The van der Waals surface area contributed by atoms with Gasteiger partial charge in [-0.05, 0) is 5.56 Å². The Labute approximate surface area is 97.2 Å². The molecule has 0 unspecified atom stereocenters. The molecular formula is C12H10N4O. The average Bonchev–Trinajstić information content (AvgIpc) is 2.70. The van der Waals surface area contributed by atoms with E-state index in [1.165, 1.54) is 0 Å². The number of hydrogen-bond acceptors (Lipinski definition) is 4. The molecule has 3 aromatic rings. The van der Waals surface area contributed by atoms with Gasteiger partial charge in [-0.15, -0.1) is 0 Å². The SMILES string of the molecule is Oc1nc2nc(Cc3ccccc3)ncc2[nH]1. The van der Waals surface area contributed by atoms with E-state index in [2.05, 4.69) is 19.9 Å². The van der Waals surface area contributed by atoms with Crippen molar-refractivity contribution in [1.29, 1.82) is 0 Å². The second-order valence-electron chi connectivity index (χ2n) is 3.75. The number of nitrogens with zero attached hydrogens (tertiary/aromatic N) is 3. The maximum atomic E-state index is 9.20. The second kappa shape index (κ2) is 3.86. The summed E-state index contributed by atoms with van der Waals surface area (Å²) in [4.78, 5) is 15.0. The molecule has 0 radical (unpaired) electrons. The fraction of sp³-hybridized carbons (Fsp3) is 0.0833. The van der Waals surface area contributed by atoms with Gasteiger partial charge in [0.25, 0.3) is 6.01 Å². The first-order valence-electron chi connectivity index (χ1n) is 5.26. The van der Waals surface area contributed by atoms with Crippen LogP contribution in [-0.2, 0) is 6.42 Å². The van der Waals surface area contributed by atoms with Crippen molar-refractivity contribution in [2.45, 2.75) is 6.42 Å². The van der Waals surface area contributed by atoms with Gasteiger partial charge in [-0.1, -0.05) is 30.3 Å². The number of nitrogens with one attached hydrogen (secondary N) is 1. The van der Waals surface area contributed by atoms with Crippen molar-refractivity contribution in [2.75, 3.05) is 0 Å². The molecular weight excluding hydrogens is 216 g/mol. The van der Waals surface area contributed by atoms with Crippen LogP contribution in [0.25, 0.3) is 11.2 Å². The molecule has 0 bridgehead atoms. The highest BCUT2D eigenvalue weighted by molar-refractivity contribution is 5.69. The van der Waals surface area contributed by atoms with Crippen LogP contribution in [0.2, 0.25) is 0 Å². The lowest BCUT2D eigenvalue weighted by Crippen LogP contribution is -1.96. The summed E-state index contributed by atoms with van der Waals surface area (Å²) < 4.78 is 0. The standard InChI is InChI=1S/C12H10N4O/c17-12-14-9-7-13-10(15-11(9)16-12)6-8-4-2-1-3-5-8/h1-5,7H,6H2,(H2,13,14,15,16,17). The van der Waals surface area contributed by atoms with E-state index in [1.54, 1.807) is 6.20 Å². The van der Waals surface area contributed by atoms with E-state index in [4.69, 9.17) is 0 Å². The molecule has 0 aliphatic heterocycles. The Morgan fingerprint density at radius 1 is 1.12 bits per heavy atom. The van der Waals surface area contributed by atoms with Crippen LogP contribution in [0.3, 0.4) is 0 Å². The van der Waals surface area contributed by atoms with Crippen LogP contribution < -0.4 is 0 Å². The molecule has 2 aromatic heterocycles. The molecule has 2 N–H and O–H groups in total. The monoisotopic (exact) mass is 226 g/mol. The Hall–Kier alpha value is -2.43. The minimum Gasteiger partial charge on any atom is -0.480 e. The molecule has 0 amide bonds. The summed E-state index contributed by atoms with van der Waals surface area (Å²) in [5.41, 5.74) is 2.27. The van der Waals surface area contributed by atoms with Gasteiger partial charge in [0.15, 0.2) is 5.65 Å². The summed E-state index contributed by atoms with van der Waals surface area (Å²) in [6.45, 7) is 0. The molecule has 3 rings (SSSR count). The summed E-state index contributed by atoms with van der Waals surface area (Å²) in [6.07, 6.45) is 2.29. The van der Waals surface area contributed by atoms with E-state index in [9.17, 15) is 5.11 Å². The normalized spacial score (nSPS) is 10.8. The summed E-state index contributed by atoms with van der Waals surface area (Å²) in [7, 11) is 0. The highest BCUT2D eigenvalue weighted by Crippen LogP contribution is 2.12. The fourth-order valence-electron chi connectivity index (χ4n) is 1.69. The van der Waals surface area contributed by atoms with E-state index in [0.717, 1.165) is 5.56 Å². The molecule has 0 saturated carbocycles. The van der Waals surface area contributed by atoms with Gasteiger partial charge < -0.3 is 10.1 Å². The van der Waals surface area contributed by atoms with Crippen LogP contribution in [0.1, 0.15) is 11.4 Å². The van der Waals surface area contributed by atoms with E-state index in [-0.39, 0.29) is 6.01 Å². The molecule has 5 nitrogen and oxygen atoms in total. The van der Waals surface area contributed by atoms with Crippen molar-refractivity contribution < 1.29 is 5.11 Å². The molecule has 5 heteroatoms. The highest BCUT2D eigenvalue weighted by atomic mass is 16.3. The summed E-state index contributed by atoms with van der Waals surface area (Å²) in [5, 5.41) is 9.20. The first-order chi connectivity index (χ1) is 8.31. The molecule has 0 saturated heterocycles. The van der Waals surface area contributed by atoms with Gasteiger partial charge in [0.1, 0.15) is 11.3 Å². The largest absolute Gasteiger partial charge is 0.480 e. The smallest absolute Gasteiger partial charge is 0.293 e. The molecule has 2 heterocycles. The Kier molecular flexibility index (Phi) is 2.22. The molecule has 0 atom stereocenters. The molecule has 0 fully saturated rings. The quantitative estimate of drug-likeness (QED) is 0.696. The lowest BCUT2D eigenvalue weighted by molar-refractivity contribution is 0.438.